The predicted octanol–water partition coefficient (Wildman–Crippen LogP) is 3.13. The Labute approximate surface area is 109 Å². The molecule has 0 amide bonds. The summed E-state index contributed by atoms with van der Waals surface area (Å²) < 4.78 is 11.3. The Morgan fingerprint density at radius 2 is 1.83 bits per heavy atom. The van der Waals surface area contributed by atoms with E-state index in [0.717, 1.165) is 37.7 Å². The number of rotatable bonds is 5. The highest BCUT2D eigenvalue weighted by Gasteiger charge is 2.11. The SMILES string of the molecule is CCC(CC)NCc1ccc2c(c1)OCCCO2. The maximum absolute atomic E-state index is 5.70. The normalized spacial score (nSPS) is 14.6. The molecule has 18 heavy (non-hydrogen) atoms. The van der Waals surface area contributed by atoms with Crippen LogP contribution in [0.2, 0.25) is 0 Å². The fourth-order valence-corrected chi connectivity index (χ4v) is 2.16. The van der Waals surface area contributed by atoms with Crippen LogP contribution in [-0.4, -0.2) is 19.3 Å². The van der Waals surface area contributed by atoms with E-state index in [1.165, 1.54) is 18.4 Å². The maximum Gasteiger partial charge on any atom is 0.161 e. The standard InChI is InChI=1S/C15H23NO2/c1-3-13(4-2)16-11-12-6-7-14-15(10-12)18-9-5-8-17-14/h6-7,10,13,16H,3-5,8-9,11H2,1-2H3. The molecule has 3 nitrogen and oxygen atoms in total. The number of hydrogen-bond donors (Lipinski definition) is 1. The maximum atomic E-state index is 5.70. The summed E-state index contributed by atoms with van der Waals surface area (Å²) in [5.41, 5.74) is 1.26. The van der Waals surface area contributed by atoms with Crippen LogP contribution in [0.15, 0.2) is 18.2 Å². The van der Waals surface area contributed by atoms with E-state index in [0.29, 0.717) is 6.04 Å². The third-order valence-electron chi connectivity index (χ3n) is 3.39. The Hall–Kier alpha value is -1.22. The molecule has 0 bridgehead atoms. The van der Waals surface area contributed by atoms with Gasteiger partial charge >= 0.3 is 0 Å². The average molecular weight is 249 g/mol. The molecule has 1 heterocycles. The molecule has 0 aromatic heterocycles. The average Bonchev–Trinajstić information content (AvgIpc) is 2.64. The highest BCUT2D eigenvalue weighted by molar-refractivity contribution is 5.43. The summed E-state index contributed by atoms with van der Waals surface area (Å²) in [4.78, 5) is 0. The lowest BCUT2D eigenvalue weighted by molar-refractivity contribution is 0.297. The highest BCUT2D eigenvalue weighted by atomic mass is 16.5. The van der Waals surface area contributed by atoms with Gasteiger partial charge in [0.05, 0.1) is 13.2 Å². The summed E-state index contributed by atoms with van der Waals surface area (Å²) in [5.74, 6) is 1.76. The lowest BCUT2D eigenvalue weighted by Crippen LogP contribution is -2.26. The molecule has 3 heteroatoms. The molecule has 0 spiro atoms. The summed E-state index contributed by atoms with van der Waals surface area (Å²) >= 11 is 0. The van der Waals surface area contributed by atoms with Crippen LogP contribution in [0.3, 0.4) is 0 Å². The van der Waals surface area contributed by atoms with Crippen LogP contribution >= 0.6 is 0 Å². The number of ether oxygens (including phenoxy) is 2. The topological polar surface area (TPSA) is 30.5 Å². The minimum absolute atomic E-state index is 0.598. The van der Waals surface area contributed by atoms with Gasteiger partial charge in [-0.25, -0.2) is 0 Å². The largest absolute Gasteiger partial charge is 0.490 e. The molecule has 0 saturated carbocycles. The first-order valence-corrected chi connectivity index (χ1v) is 6.95. The van der Waals surface area contributed by atoms with Crippen molar-refractivity contribution < 1.29 is 9.47 Å². The summed E-state index contributed by atoms with van der Waals surface area (Å²) in [5, 5.41) is 3.56. The van der Waals surface area contributed by atoms with Crippen molar-refractivity contribution in [1.29, 1.82) is 0 Å². The van der Waals surface area contributed by atoms with Crippen molar-refractivity contribution in [2.75, 3.05) is 13.2 Å². The predicted molar refractivity (Wildman–Crippen MR) is 73.3 cm³/mol. The summed E-state index contributed by atoms with van der Waals surface area (Å²) in [6.07, 6.45) is 3.29. The summed E-state index contributed by atoms with van der Waals surface area (Å²) in [6, 6.07) is 6.82. The molecule has 100 valence electrons. The van der Waals surface area contributed by atoms with E-state index in [4.69, 9.17) is 9.47 Å². The van der Waals surface area contributed by atoms with E-state index < -0.39 is 0 Å². The third kappa shape index (κ3) is 3.39. The lowest BCUT2D eigenvalue weighted by atomic mass is 10.1. The van der Waals surface area contributed by atoms with Gasteiger partial charge in [0.15, 0.2) is 11.5 Å². The van der Waals surface area contributed by atoms with E-state index in [-0.39, 0.29) is 0 Å². The van der Waals surface area contributed by atoms with Crippen molar-refractivity contribution in [3.8, 4) is 11.5 Å². The molecule has 0 unspecified atom stereocenters. The number of benzene rings is 1. The molecule has 1 aromatic carbocycles. The molecule has 0 saturated heterocycles. The fraction of sp³-hybridized carbons (Fsp3) is 0.600. The van der Waals surface area contributed by atoms with E-state index in [1.807, 2.05) is 6.07 Å². The van der Waals surface area contributed by atoms with Gasteiger partial charge in [0, 0.05) is 19.0 Å². The van der Waals surface area contributed by atoms with Gasteiger partial charge < -0.3 is 14.8 Å². The first-order valence-electron chi connectivity index (χ1n) is 6.95. The zero-order chi connectivity index (χ0) is 12.8. The Balaban J connectivity index is 1.99. The van der Waals surface area contributed by atoms with Crippen molar-refractivity contribution in [1.82, 2.24) is 5.32 Å². The van der Waals surface area contributed by atoms with Crippen molar-refractivity contribution in [3.63, 3.8) is 0 Å². The quantitative estimate of drug-likeness (QED) is 0.869. The van der Waals surface area contributed by atoms with E-state index in [9.17, 15) is 0 Å². The van der Waals surface area contributed by atoms with Crippen LogP contribution in [0.25, 0.3) is 0 Å². The molecule has 2 rings (SSSR count). The summed E-state index contributed by atoms with van der Waals surface area (Å²) in [7, 11) is 0. The molecule has 1 aromatic rings. The molecule has 1 aliphatic heterocycles. The Morgan fingerprint density at radius 3 is 2.56 bits per heavy atom. The van der Waals surface area contributed by atoms with Crippen molar-refractivity contribution in [3.05, 3.63) is 23.8 Å². The van der Waals surface area contributed by atoms with Crippen LogP contribution < -0.4 is 14.8 Å². The summed E-state index contributed by atoms with van der Waals surface area (Å²) in [6.45, 7) is 6.82. The molecule has 1 aliphatic rings. The zero-order valence-electron chi connectivity index (χ0n) is 11.4. The minimum Gasteiger partial charge on any atom is -0.490 e. The van der Waals surface area contributed by atoms with Gasteiger partial charge in [-0.2, -0.15) is 0 Å². The van der Waals surface area contributed by atoms with E-state index in [2.05, 4.69) is 31.3 Å². The van der Waals surface area contributed by atoms with E-state index >= 15 is 0 Å². The Morgan fingerprint density at radius 1 is 1.11 bits per heavy atom. The fourth-order valence-electron chi connectivity index (χ4n) is 2.16. The van der Waals surface area contributed by atoms with Crippen LogP contribution in [0.4, 0.5) is 0 Å². The van der Waals surface area contributed by atoms with Gasteiger partial charge in [-0.3, -0.25) is 0 Å². The molecular weight excluding hydrogens is 226 g/mol. The van der Waals surface area contributed by atoms with Crippen molar-refractivity contribution >= 4 is 0 Å². The molecule has 0 radical (unpaired) electrons. The molecular formula is C15H23NO2. The van der Waals surface area contributed by atoms with E-state index in [1.54, 1.807) is 0 Å². The Kier molecular flexibility index (Phi) is 4.88. The first kappa shape index (κ1) is 13.2. The van der Waals surface area contributed by atoms with Crippen molar-refractivity contribution in [2.45, 2.75) is 45.7 Å². The smallest absolute Gasteiger partial charge is 0.161 e. The lowest BCUT2D eigenvalue weighted by Gasteiger charge is -2.15. The number of nitrogens with one attached hydrogen (secondary N) is 1. The van der Waals surface area contributed by atoms with Crippen LogP contribution in [-0.2, 0) is 6.54 Å². The molecule has 0 atom stereocenters. The third-order valence-corrected chi connectivity index (χ3v) is 3.39. The van der Waals surface area contributed by atoms with Gasteiger partial charge in [-0.1, -0.05) is 19.9 Å². The monoisotopic (exact) mass is 249 g/mol. The first-order chi connectivity index (χ1) is 8.83. The Bertz CT molecular complexity index is 375. The van der Waals surface area contributed by atoms with Gasteiger partial charge in [0.1, 0.15) is 0 Å². The second-order valence-electron chi connectivity index (χ2n) is 4.73. The number of fused-ring (bicyclic) bond motifs is 1. The molecule has 0 aliphatic carbocycles. The second-order valence-corrected chi connectivity index (χ2v) is 4.73. The van der Waals surface area contributed by atoms with Crippen LogP contribution in [0.1, 0.15) is 38.7 Å². The molecule has 0 fully saturated rings. The van der Waals surface area contributed by atoms with Gasteiger partial charge in [-0.15, -0.1) is 0 Å². The number of hydrogen-bond acceptors (Lipinski definition) is 3. The highest BCUT2D eigenvalue weighted by Crippen LogP contribution is 2.30. The van der Waals surface area contributed by atoms with Gasteiger partial charge in [-0.05, 0) is 30.5 Å². The van der Waals surface area contributed by atoms with Gasteiger partial charge in [0.2, 0.25) is 0 Å². The van der Waals surface area contributed by atoms with Crippen LogP contribution in [0, 0.1) is 0 Å². The minimum atomic E-state index is 0.598. The molecule has 1 N–H and O–H groups in total. The zero-order valence-corrected chi connectivity index (χ0v) is 11.4. The second kappa shape index (κ2) is 6.64. The van der Waals surface area contributed by atoms with Crippen molar-refractivity contribution in [2.24, 2.45) is 0 Å². The van der Waals surface area contributed by atoms with Gasteiger partial charge in [0.25, 0.3) is 0 Å². The van der Waals surface area contributed by atoms with Crippen LogP contribution in [0.5, 0.6) is 11.5 Å².